The van der Waals surface area contributed by atoms with Gasteiger partial charge < -0.3 is 5.73 Å². The average molecular weight is 296 g/mol. The zero-order valence-corrected chi connectivity index (χ0v) is 11.7. The van der Waals surface area contributed by atoms with E-state index in [-0.39, 0.29) is 6.04 Å². The molecule has 1 aromatic carbocycles. The van der Waals surface area contributed by atoms with Crippen molar-refractivity contribution in [3.8, 4) is 0 Å². The van der Waals surface area contributed by atoms with Gasteiger partial charge in [-0.2, -0.15) is 0 Å². The highest BCUT2D eigenvalue weighted by molar-refractivity contribution is 9.10. The summed E-state index contributed by atoms with van der Waals surface area (Å²) in [5.41, 5.74) is 8.70. The summed E-state index contributed by atoms with van der Waals surface area (Å²) in [4.78, 5) is 2.52. The molecule has 1 heterocycles. The van der Waals surface area contributed by atoms with Gasteiger partial charge in [0.25, 0.3) is 0 Å². The zero-order chi connectivity index (χ0) is 11.7. The Kier molecular flexibility index (Phi) is 3.47. The molecular formula is C13H14BrNS. The smallest absolute Gasteiger partial charge is 0.0649 e. The van der Waals surface area contributed by atoms with Crippen LogP contribution < -0.4 is 5.73 Å². The molecule has 2 N–H and O–H groups in total. The van der Waals surface area contributed by atoms with E-state index in [1.54, 1.807) is 11.3 Å². The first-order valence-electron chi connectivity index (χ1n) is 5.16. The van der Waals surface area contributed by atoms with Gasteiger partial charge in [-0.15, -0.1) is 11.3 Å². The van der Waals surface area contributed by atoms with E-state index in [1.165, 1.54) is 20.9 Å². The SMILES string of the molecule is Cc1ccc(C(N)c2cccc(Br)c2C)s1. The molecule has 1 nitrogen and oxygen atoms in total. The molecule has 0 saturated heterocycles. The number of aryl methyl sites for hydroxylation is 1. The number of nitrogens with two attached hydrogens (primary N) is 1. The van der Waals surface area contributed by atoms with Crippen LogP contribution in [0.25, 0.3) is 0 Å². The van der Waals surface area contributed by atoms with Crippen LogP contribution in [0.3, 0.4) is 0 Å². The van der Waals surface area contributed by atoms with Gasteiger partial charge in [-0.05, 0) is 43.2 Å². The van der Waals surface area contributed by atoms with E-state index in [2.05, 4.69) is 48.0 Å². The largest absolute Gasteiger partial charge is 0.320 e. The number of halogens is 1. The van der Waals surface area contributed by atoms with Crippen molar-refractivity contribution in [3.05, 3.63) is 55.7 Å². The summed E-state index contributed by atoms with van der Waals surface area (Å²) in [5, 5.41) is 0. The van der Waals surface area contributed by atoms with Gasteiger partial charge in [0, 0.05) is 14.2 Å². The topological polar surface area (TPSA) is 26.0 Å². The fourth-order valence-corrected chi connectivity index (χ4v) is 3.01. The Balaban J connectivity index is 2.41. The average Bonchev–Trinajstić information content (AvgIpc) is 2.68. The molecule has 3 heteroatoms. The molecule has 84 valence electrons. The normalized spacial score (nSPS) is 12.8. The molecule has 0 aliphatic carbocycles. The first-order valence-corrected chi connectivity index (χ1v) is 6.77. The van der Waals surface area contributed by atoms with Crippen molar-refractivity contribution in [2.75, 3.05) is 0 Å². The van der Waals surface area contributed by atoms with Gasteiger partial charge in [0.1, 0.15) is 0 Å². The molecular weight excluding hydrogens is 282 g/mol. The fraction of sp³-hybridized carbons (Fsp3) is 0.231. The summed E-state index contributed by atoms with van der Waals surface area (Å²) in [6.07, 6.45) is 0. The summed E-state index contributed by atoms with van der Waals surface area (Å²) in [6, 6.07) is 10.4. The van der Waals surface area contributed by atoms with Crippen molar-refractivity contribution in [1.82, 2.24) is 0 Å². The molecule has 16 heavy (non-hydrogen) atoms. The third-order valence-electron chi connectivity index (χ3n) is 2.71. The maximum atomic E-state index is 6.29. The molecule has 2 rings (SSSR count). The Morgan fingerprint density at radius 3 is 2.56 bits per heavy atom. The molecule has 0 saturated carbocycles. The predicted molar refractivity (Wildman–Crippen MR) is 74.0 cm³/mol. The first kappa shape index (κ1) is 11.8. The molecule has 0 amide bonds. The van der Waals surface area contributed by atoms with E-state index in [0.29, 0.717) is 0 Å². The van der Waals surface area contributed by atoms with Crippen molar-refractivity contribution in [3.63, 3.8) is 0 Å². The fourth-order valence-electron chi connectivity index (χ4n) is 1.73. The molecule has 0 spiro atoms. The van der Waals surface area contributed by atoms with Crippen LogP contribution in [-0.4, -0.2) is 0 Å². The molecule has 0 bridgehead atoms. The van der Waals surface area contributed by atoms with Crippen LogP contribution in [0.15, 0.2) is 34.8 Å². The zero-order valence-electron chi connectivity index (χ0n) is 9.33. The van der Waals surface area contributed by atoms with E-state index in [1.807, 2.05) is 12.1 Å². The van der Waals surface area contributed by atoms with Gasteiger partial charge in [0.2, 0.25) is 0 Å². The second-order valence-corrected chi connectivity index (χ2v) is 6.05. The van der Waals surface area contributed by atoms with E-state index >= 15 is 0 Å². The lowest BCUT2D eigenvalue weighted by molar-refractivity contribution is 0.881. The highest BCUT2D eigenvalue weighted by Crippen LogP contribution is 2.30. The monoisotopic (exact) mass is 295 g/mol. The summed E-state index contributed by atoms with van der Waals surface area (Å²) >= 11 is 5.30. The van der Waals surface area contributed by atoms with E-state index in [4.69, 9.17) is 5.73 Å². The van der Waals surface area contributed by atoms with Gasteiger partial charge in [0.15, 0.2) is 0 Å². The number of thiophene rings is 1. The van der Waals surface area contributed by atoms with Gasteiger partial charge in [-0.25, -0.2) is 0 Å². The van der Waals surface area contributed by atoms with Crippen molar-refractivity contribution in [2.24, 2.45) is 5.73 Å². The van der Waals surface area contributed by atoms with Crippen LogP contribution in [0, 0.1) is 13.8 Å². The third-order valence-corrected chi connectivity index (χ3v) is 4.66. The number of benzene rings is 1. The highest BCUT2D eigenvalue weighted by Gasteiger charge is 2.14. The molecule has 0 aliphatic heterocycles. The van der Waals surface area contributed by atoms with Crippen LogP contribution in [0.2, 0.25) is 0 Å². The third kappa shape index (κ3) is 2.21. The van der Waals surface area contributed by atoms with Crippen molar-refractivity contribution in [1.29, 1.82) is 0 Å². The van der Waals surface area contributed by atoms with E-state index in [0.717, 1.165) is 4.47 Å². The Labute approximate surface area is 108 Å². The second kappa shape index (κ2) is 4.70. The van der Waals surface area contributed by atoms with Crippen LogP contribution >= 0.6 is 27.3 Å². The van der Waals surface area contributed by atoms with Crippen molar-refractivity contribution >= 4 is 27.3 Å². The van der Waals surface area contributed by atoms with Gasteiger partial charge in [-0.1, -0.05) is 28.1 Å². The van der Waals surface area contributed by atoms with Crippen LogP contribution in [0.5, 0.6) is 0 Å². The maximum absolute atomic E-state index is 6.29. The first-order chi connectivity index (χ1) is 7.59. The Hall–Kier alpha value is -0.640. The number of rotatable bonds is 2. The number of hydrogen-bond acceptors (Lipinski definition) is 2. The van der Waals surface area contributed by atoms with Crippen LogP contribution in [0.4, 0.5) is 0 Å². The van der Waals surface area contributed by atoms with Crippen LogP contribution in [-0.2, 0) is 0 Å². The minimum absolute atomic E-state index is 0.0174. The minimum atomic E-state index is -0.0174. The number of hydrogen-bond donors (Lipinski definition) is 1. The molecule has 0 fully saturated rings. The molecule has 1 aromatic heterocycles. The molecule has 1 unspecified atom stereocenters. The molecule has 0 radical (unpaired) electrons. The standard InChI is InChI=1S/C13H14BrNS/c1-8-6-7-12(16-8)13(15)10-4-3-5-11(14)9(10)2/h3-7,13H,15H2,1-2H3. The Bertz CT molecular complexity index is 504. The van der Waals surface area contributed by atoms with Crippen LogP contribution in [0.1, 0.15) is 26.9 Å². The van der Waals surface area contributed by atoms with Crippen molar-refractivity contribution < 1.29 is 0 Å². The summed E-state index contributed by atoms with van der Waals surface area (Å²) in [5.74, 6) is 0. The minimum Gasteiger partial charge on any atom is -0.320 e. The van der Waals surface area contributed by atoms with Gasteiger partial charge in [0.05, 0.1) is 6.04 Å². The second-order valence-electron chi connectivity index (χ2n) is 3.88. The summed E-state index contributed by atoms with van der Waals surface area (Å²) < 4.78 is 1.12. The quantitative estimate of drug-likeness (QED) is 0.884. The summed E-state index contributed by atoms with van der Waals surface area (Å²) in [6.45, 7) is 4.20. The van der Waals surface area contributed by atoms with Gasteiger partial charge >= 0.3 is 0 Å². The lowest BCUT2D eigenvalue weighted by Gasteiger charge is -2.14. The molecule has 1 atom stereocenters. The predicted octanol–water partition coefficient (Wildman–Crippen LogP) is 4.18. The van der Waals surface area contributed by atoms with Gasteiger partial charge in [-0.3, -0.25) is 0 Å². The Morgan fingerprint density at radius 1 is 1.19 bits per heavy atom. The molecule has 2 aromatic rings. The lowest BCUT2D eigenvalue weighted by Crippen LogP contribution is -2.11. The maximum Gasteiger partial charge on any atom is 0.0649 e. The summed E-state index contributed by atoms with van der Waals surface area (Å²) in [7, 11) is 0. The van der Waals surface area contributed by atoms with E-state index in [9.17, 15) is 0 Å². The highest BCUT2D eigenvalue weighted by atomic mass is 79.9. The Morgan fingerprint density at radius 2 is 1.94 bits per heavy atom. The molecule has 0 aliphatic rings. The lowest BCUT2D eigenvalue weighted by atomic mass is 10.0. The van der Waals surface area contributed by atoms with E-state index < -0.39 is 0 Å². The van der Waals surface area contributed by atoms with Crippen molar-refractivity contribution in [2.45, 2.75) is 19.9 Å².